The lowest BCUT2D eigenvalue weighted by atomic mass is 9.78. The molecule has 1 spiro atoms. The number of carbonyl (C=O) groups excluding carboxylic acids is 2. The summed E-state index contributed by atoms with van der Waals surface area (Å²) in [7, 11) is 1.39. The van der Waals surface area contributed by atoms with Crippen LogP contribution in [0.5, 0.6) is 5.75 Å². The molecule has 17 heteroatoms. The highest BCUT2D eigenvalue weighted by Crippen LogP contribution is 2.48. The van der Waals surface area contributed by atoms with Gasteiger partial charge in [-0.25, -0.2) is 19.4 Å². The zero-order valence-electron chi connectivity index (χ0n) is 23.5. The minimum atomic E-state index is -4.98. The summed E-state index contributed by atoms with van der Waals surface area (Å²) in [5.41, 5.74) is -4.55. The minimum Gasteiger partial charge on any atom is -0.509 e. The Labute approximate surface area is 254 Å². The van der Waals surface area contributed by atoms with Crippen LogP contribution in [0.2, 0.25) is 0 Å². The van der Waals surface area contributed by atoms with Crippen molar-refractivity contribution in [3.05, 3.63) is 82.5 Å². The van der Waals surface area contributed by atoms with Gasteiger partial charge in [-0.1, -0.05) is 12.5 Å². The molecule has 2 unspecified atom stereocenters. The summed E-state index contributed by atoms with van der Waals surface area (Å²) in [6, 6.07) is 4.25. The maximum atomic E-state index is 14.6. The number of phenolic OH excluding ortho intramolecular Hbond substituents is 1. The van der Waals surface area contributed by atoms with Crippen molar-refractivity contribution in [2.24, 2.45) is 5.92 Å². The van der Waals surface area contributed by atoms with E-state index < -0.39 is 92.5 Å². The molecule has 0 saturated heterocycles. The number of aromatic nitrogens is 2. The Morgan fingerprint density at radius 3 is 2.43 bits per heavy atom. The molecule has 46 heavy (non-hydrogen) atoms. The average Bonchev–Trinajstić information content (AvgIpc) is 3.40. The van der Waals surface area contributed by atoms with Gasteiger partial charge in [-0.05, 0) is 61.1 Å². The van der Waals surface area contributed by atoms with E-state index in [0.29, 0.717) is 37.4 Å². The normalized spacial score (nSPS) is 20.7. The van der Waals surface area contributed by atoms with Crippen LogP contribution in [0, 0.1) is 17.6 Å². The number of halogens is 8. The fraction of sp³-hybridized carbons (Fsp3) is 0.310. The molecular weight excluding hydrogens is 634 g/mol. The van der Waals surface area contributed by atoms with Gasteiger partial charge in [0, 0.05) is 12.6 Å². The van der Waals surface area contributed by atoms with Crippen molar-refractivity contribution in [3.8, 4) is 17.0 Å². The number of anilines is 1. The summed E-state index contributed by atoms with van der Waals surface area (Å²) >= 11 is 0. The van der Waals surface area contributed by atoms with Crippen LogP contribution in [-0.4, -0.2) is 49.6 Å². The largest absolute Gasteiger partial charge is 0.509 e. The Morgan fingerprint density at radius 1 is 1.04 bits per heavy atom. The maximum Gasteiger partial charge on any atom is 0.433 e. The number of aromatic hydroxyl groups is 1. The number of benzene rings is 2. The van der Waals surface area contributed by atoms with Crippen LogP contribution in [0.15, 0.2) is 54.1 Å². The number of aliphatic hydroxyl groups excluding tert-OH is 1. The van der Waals surface area contributed by atoms with Gasteiger partial charge in [-0.15, -0.1) is 0 Å². The highest BCUT2D eigenvalue weighted by molar-refractivity contribution is 6.24. The summed E-state index contributed by atoms with van der Waals surface area (Å²) in [5.74, 6) is -7.62. The molecule has 1 aliphatic carbocycles. The number of carbonyl (C=O) groups is 2. The van der Waals surface area contributed by atoms with Gasteiger partial charge in [-0.3, -0.25) is 15.0 Å². The summed E-state index contributed by atoms with van der Waals surface area (Å²) in [4.78, 5) is 33.3. The molecule has 1 saturated carbocycles. The summed E-state index contributed by atoms with van der Waals surface area (Å²) in [6.07, 6.45) is -8.77. The van der Waals surface area contributed by atoms with Crippen molar-refractivity contribution in [2.75, 3.05) is 12.4 Å². The Morgan fingerprint density at radius 2 is 1.76 bits per heavy atom. The first kappa shape index (κ1) is 32.6. The standard InChI is InChI=1S/C29H23F8N5O4/c1-42-27(8-2-3-14(27)9-13-4-7-19(43)23(31)22(13)30)24(44)21(26(46)41-42)25(45)40-17-6-5-15(28(32,33)34)10-16(17)18-11-20(29(35,36)37)39-12-38-18/h4-7,10-12,14,43-44H,2-3,8-9H2,1H3,(H,40,45)(H,41,46). The molecule has 1 fully saturated rings. The quantitative estimate of drug-likeness (QED) is 0.206. The van der Waals surface area contributed by atoms with E-state index in [2.05, 4.69) is 20.7 Å². The molecule has 9 nitrogen and oxygen atoms in total. The van der Waals surface area contributed by atoms with Crippen molar-refractivity contribution < 1.29 is 54.9 Å². The SMILES string of the molecule is CN1NC(=O)C(C(=O)Nc2ccc(C(F)(F)F)cc2-c2cc(C(F)(F)F)ncn2)=C(O)C12CCCC2Cc1ccc(O)c(F)c1F. The number of phenols is 1. The Bertz CT molecular complexity index is 1760. The number of alkyl halides is 6. The number of hydrazine groups is 1. The molecule has 2 aromatic carbocycles. The van der Waals surface area contributed by atoms with Gasteiger partial charge in [-0.2, -0.15) is 30.7 Å². The van der Waals surface area contributed by atoms with Crippen LogP contribution >= 0.6 is 0 Å². The number of nitrogens with one attached hydrogen (secondary N) is 2. The van der Waals surface area contributed by atoms with Crippen LogP contribution in [0.1, 0.15) is 36.1 Å². The molecular formula is C29H23F8N5O4. The fourth-order valence-electron chi connectivity index (χ4n) is 5.97. The van der Waals surface area contributed by atoms with E-state index >= 15 is 0 Å². The Balaban J connectivity index is 1.56. The first-order chi connectivity index (χ1) is 21.4. The lowest BCUT2D eigenvalue weighted by Crippen LogP contribution is -2.63. The summed E-state index contributed by atoms with van der Waals surface area (Å²) in [5, 5.41) is 24.4. The summed E-state index contributed by atoms with van der Waals surface area (Å²) in [6.45, 7) is 0. The topological polar surface area (TPSA) is 128 Å². The predicted octanol–water partition coefficient (Wildman–Crippen LogP) is 5.67. The second-order valence-electron chi connectivity index (χ2n) is 10.8. The van der Waals surface area contributed by atoms with E-state index in [1.807, 2.05) is 0 Å². The number of aliphatic hydroxyl groups is 1. The highest BCUT2D eigenvalue weighted by atomic mass is 19.4. The van der Waals surface area contributed by atoms with E-state index in [-0.39, 0.29) is 18.4 Å². The third kappa shape index (κ3) is 5.70. The molecule has 0 bridgehead atoms. The zero-order chi connectivity index (χ0) is 33.8. The number of nitrogens with zero attached hydrogens (tertiary/aromatic N) is 3. The molecule has 1 aromatic heterocycles. The molecule has 244 valence electrons. The van der Waals surface area contributed by atoms with Gasteiger partial charge >= 0.3 is 12.4 Å². The van der Waals surface area contributed by atoms with Crippen LogP contribution in [0.25, 0.3) is 11.3 Å². The number of rotatable bonds is 5. The van der Waals surface area contributed by atoms with Crippen molar-refractivity contribution >= 4 is 17.5 Å². The molecule has 2 heterocycles. The number of amides is 2. The van der Waals surface area contributed by atoms with Crippen LogP contribution in [-0.2, 0) is 28.4 Å². The van der Waals surface area contributed by atoms with Crippen molar-refractivity contribution in [1.82, 2.24) is 20.4 Å². The van der Waals surface area contributed by atoms with E-state index in [0.717, 1.165) is 18.2 Å². The van der Waals surface area contributed by atoms with E-state index in [9.17, 15) is 54.9 Å². The second kappa shape index (κ2) is 11.5. The van der Waals surface area contributed by atoms with Gasteiger partial charge in [0.25, 0.3) is 11.8 Å². The van der Waals surface area contributed by atoms with Crippen LogP contribution < -0.4 is 10.7 Å². The second-order valence-corrected chi connectivity index (χ2v) is 10.8. The molecule has 2 aliphatic rings. The van der Waals surface area contributed by atoms with E-state index in [4.69, 9.17) is 0 Å². The Hall–Kier alpha value is -4.80. The first-order valence-electron chi connectivity index (χ1n) is 13.5. The van der Waals surface area contributed by atoms with Crippen molar-refractivity contribution in [2.45, 2.75) is 43.6 Å². The molecule has 5 rings (SSSR count). The van der Waals surface area contributed by atoms with Gasteiger partial charge < -0.3 is 15.5 Å². The van der Waals surface area contributed by atoms with Crippen LogP contribution in [0.3, 0.4) is 0 Å². The highest BCUT2D eigenvalue weighted by Gasteiger charge is 2.55. The third-order valence-corrected chi connectivity index (χ3v) is 8.19. The van der Waals surface area contributed by atoms with Gasteiger partial charge in [0.15, 0.2) is 11.6 Å². The molecule has 2 amide bonds. The van der Waals surface area contributed by atoms with Crippen LogP contribution in [0.4, 0.5) is 40.8 Å². The molecule has 0 radical (unpaired) electrons. The third-order valence-electron chi connectivity index (χ3n) is 8.19. The molecule has 1 aliphatic heterocycles. The maximum absolute atomic E-state index is 14.6. The van der Waals surface area contributed by atoms with E-state index in [1.54, 1.807) is 0 Å². The molecule has 3 aromatic rings. The number of likely N-dealkylation sites (N-methyl/N-ethyl adjacent to an activating group) is 1. The van der Waals surface area contributed by atoms with Gasteiger partial charge in [0.1, 0.15) is 28.9 Å². The van der Waals surface area contributed by atoms with Crippen molar-refractivity contribution in [1.29, 1.82) is 0 Å². The van der Waals surface area contributed by atoms with Gasteiger partial charge in [0.2, 0.25) is 5.82 Å². The van der Waals surface area contributed by atoms with E-state index in [1.165, 1.54) is 12.1 Å². The molecule has 2 atom stereocenters. The average molecular weight is 658 g/mol. The predicted molar refractivity (Wildman–Crippen MR) is 143 cm³/mol. The molecule has 4 N–H and O–H groups in total. The first-order valence-corrected chi connectivity index (χ1v) is 13.5. The fourth-order valence-corrected chi connectivity index (χ4v) is 5.97. The lowest BCUT2D eigenvalue weighted by molar-refractivity contribution is -0.141. The summed E-state index contributed by atoms with van der Waals surface area (Å²) < 4.78 is 109. The van der Waals surface area contributed by atoms with Crippen molar-refractivity contribution in [3.63, 3.8) is 0 Å². The monoisotopic (exact) mass is 657 g/mol. The van der Waals surface area contributed by atoms with Gasteiger partial charge in [0.05, 0.1) is 16.9 Å². The Kier molecular flexibility index (Phi) is 8.17. The zero-order valence-corrected chi connectivity index (χ0v) is 23.5. The minimum absolute atomic E-state index is 0.131. The smallest absolute Gasteiger partial charge is 0.433 e. The lowest BCUT2D eigenvalue weighted by Gasteiger charge is -2.46. The number of hydrogen-bond acceptors (Lipinski definition) is 7. The number of hydrogen-bond donors (Lipinski definition) is 4.